The van der Waals surface area contributed by atoms with E-state index in [1.807, 2.05) is 25.1 Å². The van der Waals surface area contributed by atoms with Gasteiger partial charge in [0.25, 0.3) is 0 Å². The van der Waals surface area contributed by atoms with Gasteiger partial charge in [-0.1, -0.05) is 19.9 Å². The summed E-state index contributed by atoms with van der Waals surface area (Å²) >= 11 is 0. The van der Waals surface area contributed by atoms with Crippen LogP contribution in [0.2, 0.25) is 0 Å². The van der Waals surface area contributed by atoms with E-state index in [2.05, 4.69) is 29.0 Å². The maximum Gasteiger partial charge on any atom is 0.416 e. The zero-order valence-corrected chi connectivity index (χ0v) is 18.5. The summed E-state index contributed by atoms with van der Waals surface area (Å²) in [7, 11) is 0. The maximum atomic E-state index is 12.9. The molecule has 0 unspecified atom stereocenters. The zero-order valence-electron chi connectivity index (χ0n) is 18.5. The molecule has 1 aliphatic carbocycles. The van der Waals surface area contributed by atoms with Crippen molar-refractivity contribution < 1.29 is 22.8 Å². The van der Waals surface area contributed by atoms with E-state index in [0.29, 0.717) is 12.1 Å². The lowest BCUT2D eigenvalue weighted by atomic mass is 9.76. The largest absolute Gasteiger partial charge is 0.416 e. The molecule has 0 aliphatic heterocycles. The topological polar surface area (TPSA) is 63.1 Å². The molecule has 1 aromatic heterocycles. The number of halogens is 3. The van der Waals surface area contributed by atoms with Gasteiger partial charge in [0.05, 0.1) is 5.56 Å². The lowest BCUT2D eigenvalue weighted by Gasteiger charge is -2.30. The van der Waals surface area contributed by atoms with E-state index >= 15 is 0 Å². The Bertz CT molecular complexity index is 1220. The minimum Gasteiger partial charge on any atom is -0.317 e. The van der Waals surface area contributed by atoms with Crippen molar-refractivity contribution in [2.24, 2.45) is 5.41 Å². The number of alkyl halides is 3. The summed E-state index contributed by atoms with van der Waals surface area (Å²) in [6.45, 7) is 6.11. The number of aryl methyl sites for hydroxylation is 1. The minimum atomic E-state index is -4.49. The van der Waals surface area contributed by atoms with Crippen LogP contribution in [0.3, 0.4) is 0 Å². The van der Waals surface area contributed by atoms with Gasteiger partial charge in [0, 0.05) is 40.4 Å². The van der Waals surface area contributed by atoms with Crippen molar-refractivity contribution in [2.75, 3.05) is 10.6 Å². The third-order valence-electron chi connectivity index (χ3n) is 5.70. The van der Waals surface area contributed by atoms with Crippen LogP contribution < -0.4 is 10.6 Å². The highest BCUT2D eigenvalue weighted by molar-refractivity contribution is 6.00. The second-order valence-corrected chi connectivity index (χ2v) is 9.13. The van der Waals surface area contributed by atoms with Crippen LogP contribution in [0.4, 0.5) is 29.3 Å². The molecule has 0 saturated heterocycles. The molecule has 1 aliphatic rings. The number of ketones is 1. The summed E-state index contributed by atoms with van der Waals surface area (Å²) in [6, 6.07) is 12.8. The number of hydrogen-bond acceptors (Lipinski definition) is 2. The molecule has 0 radical (unpaired) electrons. The predicted octanol–water partition coefficient (Wildman–Crippen LogP) is 6.60. The van der Waals surface area contributed by atoms with Gasteiger partial charge in [-0.2, -0.15) is 13.2 Å². The van der Waals surface area contributed by atoms with Crippen LogP contribution in [0.5, 0.6) is 0 Å². The van der Waals surface area contributed by atoms with Crippen LogP contribution in [0.15, 0.2) is 54.6 Å². The minimum absolute atomic E-state index is 0.0424. The third kappa shape index (κ3) is 4.79. The number of urea groups is 1. The number of rotatable bonds is 3. The van der Waals surface area contributed by atoms with Gasteiger partial charge in [0.2, 0.25) is 0 Å². The SMILES string of the molecule is Cc1cc2c(n1-c1ccc(NC(=O)Nc3cccc(C(F)(F)F)c3)cc1)CC(C)(C)CC2=O. The molecule has 5 nitrogen and oxygen atoms in total. The first-order valence-corrected chi connectivity index (χ1v) is 10.5. The molecule has 0 saturated carbocycles. The second-order valence-electron chi connectivity index (χ2n) is 9.13. The molecule has 0 fully saturated rings. The second kappa shape index (κ2) is 8.10. The van der Waals surface area contributed by atoms with Crippen LogP contribution in [-0.4, -0.2) is 16.4 Å². The first kappa shape index (κ1) is 22.6. The van der Waals surface area contributed by atoms with Crippen molar-refractivity contribution >= 4 is 23.2 Å². The fraction of sp³-hybridized carbons (Fsp3) is 0.280. The number of amides is 2. The molecule has 2 N–H and O–H groups in total. The van der Waals surface area contributed by atoms with Gasteiger partial charge in [0.1, 0.15) is 0 Å². The maximum absolute atomic E-state index is 12.9. The normalized spacial score (nSPS) is 15.2. The quantitative estimate of drug-likeness (QED) is 0.467. The van der Waals surface area contributed by atoms with Crippen LogP contribution >= 0.6 is 0 Å². The molecule has 33 heavy (non-hydrogen) atoms. The highest BCUT2D eigenvalue weighted by Gasteiger charge is 2.34. The van der Waals surface area contributed by atoms with Crippen LogP contribution in [0, 0.1) is 12.3 Å². The Labute approximate surface area is 189 Å². The van der Waals surface area contributed by atoms with Gasteiger partial charge in [0.15, 0.2) is 5.78 Å². The molecule has 4 rings (SSSR count). The molecule has 0 atom stereocenters. The number of benzene rings is 2. The van der Waals surface area contributed by atoms with Crippen LogP contribution in [0.25, 0.3) is 5.69 Å². The number of nitrogens with one attached hydrogen (secondary N) is 2. The third-order valence-corrected chi connectivity index (χ3v) is 5.70. The number of carbonyl (C=O) groups excluding carboxylic acids is 2. The summed E-state index contributed by atoms with van der Waals surface area (Å²) < 4.78 is 40.6. The highest BCUT2D eigenvalue weighted by atomic mass is 19.4. The number of Topliss-reactive ketones (excluding diaryl/α,β-unsaturated/α-hetero) is 1. The number of anilines is 2. The van der Waals surface area contributed by atoms with E-state index in [4.69, 9.17) is 0 Å². The summed E-state index contributed by atoms with van der Waals surface area (Å²) in [5.74, 6) is 0.146. The molecule has 3 aromatic rings. The van der Waals surface area contributed by atoms with Gasteiger partial charge < -0.3 is 15.2 Å². The monoisotopic (exact) mass is 455 g/mol. The fourth-order valence-electron chi connectivity index (χ4n) is 4.27. The molecular weight excluding hydrogens is 431 g/mol. The van der Waals surface area contributed by atoms with E-state index in [9.17, 15) is 22.8 Å². The number of nitrogens with zero attached hydrogens (tertiary/aromatic N) is 1. The van der Waals surface area contributed by atoms with Crippen molar-refractivity contribution in [2.45, 2.75) is 39.8 Å². The highest BCUT2D eigenvalue weighted by Crippen LogP contribution is 2.37. The first-order chi connectivity index (χ1) is 15.4. The molecular formula is C25H24F3N3O2. The Balaban J connectivity index is 1.50. The van der Waals surface area contributed by atoms with Gasteiger partial charge >= 0.3 is 12.2 Å². The Morgan fingerprint density at radius 2 is 1.64 bits per heavy atom. The molecule has 2 amide bonds. The Morgan fingerprint density at radius 1 is 0.970 bits per heavy atom. The molecule has 2 aromatic carbocycles. The summed E-state index contributed by atoms with van der Waals surface area (Å²) in [6.07, 6.45) is -3.19. The first-order valence-electron chi connectivity index (χ1n) is 10.5. The van der Waals surface area contributed by atoms with Gasteiger partial charge in [-0.25, -0.2) is 4.79 Å². The summed E-state index contributed by atoms with van der Waals surface area (Å²) in [5.41, 5.74) is 3.13. The Kier molecular flexibility index (Phi) is 5.56. The van der Waals surface area contributed by atoms with Crippen molar-refractivity contribution in [1.82, 2.24) is 4.57 Å². The standard InChI is InChI=1S/C25H24F3N3O2/c1-15-11-20-21(13-24(2,3)14-22(20)32)31(15)19-9-7-17(8-10-19)29-23(33)30-18-6-4-5-16(12-18)25(26,27)28/h4-12H,13-14H2,1-3H3,(H2,29,30,33). The molecule has 8 heteroatoms. The van der Waals surface area contributed by atoms with Gasteiger partial charge in [-0.15, -0.1) is 0 Å². The number of carbonyl (C=O) groups is 2. The Hall–Kier alpha value is -3.55. The smallest absolute Gasteiger partial charge is 0.317 e. The lowest BCUT2D eigenvalue weighted by Crippen LogP contribution is -2.27. The van der Waals surface area contributed by atoms with E-state index in [1.165, 1.54) is 12.1 Å². The molecule has 0 bridgehead atoms. The van der Waals surface area contributed by atoms with Crippen molar-refractivity contribution in [3.05, 3.63) is 77.1 Å². The molecule has 1 heterocycles. The number of hydrogen-bond donors (Lipinski definition) is 2. The number of aromatic nitrogens is 1. The van der Waals surface area contributed by atoms with Crippen molar-refractivity contribution in [1.29, 1.82) is 0 Å². The van der Waals surface area contributed by atoms with E-state index < -0.39 is 17.8 Å². The van der Waals surface area contributed by atoms with E-state index in [1.54, 1.807) is 12.1 Å². The lowest BCUT2D eigenvalue weighted by molar-refractivity contribution is -0.137. The van der Waals surface area contributed by atoms with E-state index in [0.717, 1.165) is 41.2 Å². The van der Waals surface area contributed by atoms with Gasteiger partial charge in [-0.3, -0.25) is 4.79 Å². The predicted molar refractivity (Wildman–Crippen MR) is 121 cm³/mol. The zero-order chi connectivity index (χ0) is 24.0. The fourth-order valence-corrected chi connectivity index (χ4v) is 4.27. The molecule has 172 valence electrons. The molecule has 0 spiro atoms. The summed E-state index contributed by atoms with van der Waals surface area (Å²) in [5, 5.41) is 5.04. The van der Waals surface area contributed by atoms with Crippen LogP contribution in [0.1, 0.15) is 47.6 Å². The number of fused-ring (bicyclic) bond motifs is 1. The average Bonchev–Trinajstić information content (AvgIpc) is 3.03. The van der Waals surface area contributed by atoms with Crippen molar-refractivity contribution in [3.63, 3.8) is 0 Å². The van der Waals surface area contributed by atoms with Crippen LogP contribution in [-0.2, 0) is 12.6 Å². The van der Waals surface area contributed by atoms with Gasteiger partial charge in [-0.05, 0) is 67.3 Å². The van der Waals surface area contributed by atoms with E-state index in [-0.39, 0.29) is 16.9 Å². The Morgan fingerprint density at radius 3 is 2.30 bits per heavy atom. The summed E-state index contributed by atoms with van der Waals surface area (Å²) in [4.78, 5) is 24.8. The van der Waals surface area contributed by atoms with Crippen molar-refractivity contribution in [3.8, 4) is 5.69 Å². The average molecular weight is 455 g/mol.